The summed E-state index contributed by atoms with van der Waals surface area (Å²) in [5.41, 5.74) is 0.840. The number of aromatic nitrogens is 1. The maximum absolute atomic E-state index is 11.1. The molecule has 0 radical (unpaired) electrons. The quantitative estimate of drug-likeness (QED) is 0.891. The smallest absolute Gasteiger partial charge is 0.116 e. The summed E-state index contributed by atoms with van der Waals surface area (Å²) < 4.78 is 0. The summed E-state index contributed by atoms with van der Waals surface area (Å²) >= 11 is 0. The minimum absolute atomic E-state index is 0.647. The van der Waals surface area contributed by atoms with Crippen molar-refractivity contribution in [3.8, 4) is 0 Å². The van der Waals surface area contributed by atoms with Gasteiger partial charge in [-0.3, -0.25) is 4.98 Å². The molecule has 0 saturated carbocycles. The van der Waals surface area contributed by atoms with Crippen molar-refractivity contribution in [1.82, 2.24) is 9.88 Å². The molecule has 1 N–H and O–H groups in total. The summed E-state index contributed by atoms with van der Waals surface area (Å²) in [4.78, 5) is 6.10. The van der Waals surface area contributed by atoms with Gasteiger partial charge in [0.05, 0.1) is 0 Å². The van der Waals surface area contributed by atoms with E-state index >= 15 is 0 Å². The number of hydrogen-bond acceptors (Lipinski definition) is 3. The molecule has 0 bridgehead atoms. The molecular formula is C16H20N2O. The Morgan fingerprint density at radius 1 is 1.00 bits per heavy atom. The van der Waals surface area contributed by atoms with E-state index in [4.69, 9.17) is 0 Å². The largest absolute Gasteiger partial charge is 0.380 e. The van der Waals surface area contributed by atoms with Crippen molar-refractivity contribution in [2.45, 2.75) is 12.0 Å². The summed E-state index contributed by atoms with van der Waals surface area (Å²) in [6.07, 6.45) is 4.09. The molecule has 0 aliphatic rings. The highest BCUT2D eigenvalue weighted by molar-refractivity contribution is 5.34. The topological polar surface area (TPSA) is 36.4 Å². The van der Waals surface area contributed by atoms with Crippen molar-refractivity contribution in [3.63, 3.8) is 0 Å². The number of hydrogen-bond donors (Lipinski definition) is 1. The van der Waals surface area contributed by atoms with Crippen LogP contribution in [-0.4, -0.2) is 35.6 Å². The lowest BCUT2D eigenvalue weighted by atomic mass is 9.84. The van der Waals surface area contributed by atoms with Crippen molar-refractivity contribution in [2.24, 2.45) is 0 Å². The van der Waals surface area contributed by atoms with Crippen molar-refractivity contribution in [2.75, 3.05) is 20.6 Å². The van der Waals surface area contributed by atoms with Crippen LogP contribution in [0.4, 0.5) is 0 Å². The third kappa shape index (κ3) is 3.19. The van der Waals surface area contributed by atoms with Gasteiger partial charge in [-0.25, -0.2) is 0 Å². The van der Waals surface area contributed by atoms with Crippen LogP contribution in [0, 0.1) is 0 Å². The fraction of sp³-hybridized carbons (Fsp3) is 0.312. The minimum atomic E-state index is -0.964. The molecule has 3 heteroatoms. The number of nitrogens with zero attached hydrogens (tertiary/aromatic N) is 2. The Hall–Kier alpha value is -1.71. The van der Waals surface area contributed by atoms with Crippen LogP contribution >= 0.6 is 0 Å². The van der Waals surface area contributed by atoms with Gasteiger partial charge >= 0.3 is 0 Å². The Morgan fingerprint density at radius 2 is 1.58 bits per heavy atom. The van der Waals surface area contributed by atoms with Gasteiger partial charge in [0, 0.05) is 18.9 Å². The molecular weight excluding hydrogens is 236 g/mol. The zero-order valence-electron chi connectivity index (χ0n) is 11.5. The molecule has 0 spiro atoms. The van der Waals surface area contributed by atoms with Gasteiger partial charge in [-0.15, -0.1) is 0 Å². The Morgan fingerprint density at radius 3 is 2.16 bits per heavy atom. The molecule has 0 unspecified atom stereocenters. The number of benzene rings is 1. The van der Waals surface area contributed by atoms with Crippen molar-refractivity contribution in [1.29, 1.82) is 0 Å². The van der Waals surface area contributed by atoms with Crippen LogP contribution in [0.1, 0.15) is 17.5 Å². The van der Waals surface area contributed by atoms with E-state index in [1.165, 1.54) is 0 Å². The van der Waals surface area contributed by atoms with Gasteiger partial charge in [0.15, 0.2) is 0 Å². The van der Waals surface area contributed by atoms with Gasteiger partial charge in [0.25, 0.3) is 0 Å². The van der Waals surface area contributed by atoms with Gasteiger partial charge in [-0.2, -0.15) is 0 Å². The summed E-state index contributed by atoms with van der Waals surface area (Å²) in [5.74, 6) is 0. The molecule has 2 aromatic rings. The maximum atomic E-state index is 11.1. The fourth-order valence-corrected chi connectivity index (χ4v) is 2.18. The third-order valence-corrected chi connectivity index (χ3v) is 3.33. The average Bonchev–Trinajstić information content (AvgIpc) is 2.46. The van der Waals surface area contributed by atoms with E-state index in [1.54, 1.807) is 12.4 Å². The van der Waals surface area contributed by atoms with E-state index in [0.717, 1.165) is 17.7 Å². The summed E-state index contributed by atoms with van der Waals surface area (Å²) in [5, 5.41) is 11.1. The molecule has 2 rings (SSSR count). The Kier molecular flexibility index (Phi) is 4.30. The normalized spacial score (nSPS) is 14.3. The van der Waals surface area contributed by atoms with Crippen LogP contribution in [0.25, 0.3) is 0 Å². The molecule has 0 saturated heterocycles. The van der Waals surface area contributed by atoms with Crippen LogP contribution < -0.4 is 0 Å². The molecule has 19 heavy (non-hydrogen) atoms. The van der Waals surface area contributed by atoms with Gasteiger partial charge in [-0.05, 0) is 43.8 Å². The highest BCUT2D eigenvalue weighted by atomic mass is 16.3. The Bertz CT molecular complexity index is 457. The van der Waals surface area contributed by atoms with Crippen molar-refractivity contribution < 1.29 is 5.11 Å². The van der Waals surface area contributed by atoms with Crippen molar-refractivity contribution in [3.05, 3.63) is 66.0 Å². The monoisotopic (exact) mass is 256 g/mol. The zero-order chi connectivity index (χ0) is 13.7. The second kappa shape index (κ2) is 5.95. The van der Waals surface area contributed by atoms with Gasteiger partial charge in [0.2, 0.25) is 0 Å². The molecule has 0 aliphatic carbocycles. The fourth-order valence-electron chi connectivity index (χ4n) is 2.18. The van der Waals surface area contributed by atoms with E-state index in [1.807, 2.05) is 56.6 Å². The summed E-state index contributed by atoms with van der Waals surface area (Å²) in [6.45, 7) is 0.813. The first-order valence-corrected chi connectivity index (χ1v) is 6.46. The van der Waals surface area contributed by atoms with Crippen LogP contribution in [0.3, 0.4) is 0 Å². The molecule has 0 fully saturated rings. The van der Waals surface area contributed by atoms with E-state index in [0.29, 0.717) is 6.42 Å². The predicted octanol–water partition coefficient (Wildman–Crippen LogP) is 2.27. The molecule has 1 aromatic carbocycles. The van der Waals surface area contributed by atoms with Gasteiger partial charge < -0.3 is 10.0 Å². The molecule has 0 amide bonds. The van der Waals surface area contributed by atoms with Crippen LogP contribution in [0.15, 0.2) is 54.9 Å². The molecule has 0 aliphatic heterocycles. The van der Waals surface area contributed by atoms with Crippen LogP contribution in [0.5, 0.6) is 0 Å². The molecule has 1 heterocycles. The third-order valence-electron chi connectivity index (χ3n) is 3.33. The number of pyridine rings is 1. The maximum Gasteiger partial charge on any atom is 0.116 e. The highest BCUT2D eigenvalue weighted by Gasteiger charge is 2.31. The molecule has 1 aromatic heterocycles. The molecule has 1 atom stereocenters. The first kappa shape index (κ1) is 13.7. The van der Waals surface area contributed by atoms with E-state index < -0.39 is 5.60 Å². The lowest BCUT2D eigenvalue weighted by Crippen LogP contribution is -2.31. The average molecular weight is 256 g/mol. The van der Waals surface area contributed by atoms with E-state index in [9.17, 15) is 5.11 Å². The summed E-state index contributed by atoms with van der Waals surface area (Å²) in [7, 11) is 4.02. The molecule has 3 nitrogen and oxygen atoms in total. The second-order valence-corrected chi connectivity index (χ2v) is 5.02. The SMILES string of the molecule is CN(C)CC[C@](O)(c1ccccc1)c1ccncc1. The standard InChI is InChI=1S/C16H20N2O/c1-18(2)13-10-16(19,14-6-4-3-5-7-14)15-8-11-17-12-9-15/h3-9,11-12,19H,10,13H2,1-2H3/t16-/m0/s1. The zero-order valence-corrected chi connectivity index (χ0v) is 11.5. The second-order valence-electron chi connectivity index (χ2n) is 5.02. The van der Waals surface area contributed by atoms with Gasteiger partial charge in [-0.1, -0.05) is 30.3 Å². The van der Waals surface area contributed by atoms with Crippen LogP contribution in [-0.2, 0) is 5.60 Å². The minimum Gasteiger partial charge on any atom is -0.380 e. The highest BCUT2D eigenvalue weighted by Crippen LogP contribution is 2.32. The lowest BCUT2D eigenvalue weighted by Gasteiger charge is -2.30. The Labute approximate surface area is 114 Å². The van der Waals surface area contributed by atoms with E-state index in [-0.39, 0.29) is 0 Å². The predicted molar refractivity (Wildman–Crippen MR) is 76.8 cm³/mol. The Balaban J connectivity index is 2.39. The van der Waals surface area contributed by atoms with Crippen LogP contribution in [0.2, 0.25) is 0 Å². The van der Waals surface area contributed by atoms with Crippen molar-refractivity contribution >= 4 is 0 Å². The number of aliphatic hydroxyl groups is 1. The first-order chi connectivity index (χ1) is 9.13. The first-order valence-electron chi connectivity index (χ1n) is 6.46. The van der Waals surface area contributed by atoms with E-state index in [2.05, 4.69) is 9.88 Å². The molecule has 100 valence electrons. The summed E-state index contributed by atoms with van der Waals surface area (Å²) in [6, 6.07) is 13.6. The van der Waals surface area contributed by atoms with Gasteiger partial charge in [0.1, 0.15) is 5.60 Å². The lowest BCUT2D eigenvalue weighted by molar-refractivity contribution is 0.0628. The number of rotatable bonds is 5.